The largest absolute Gasteiger partial charge is 0.486 e. The van der Waals surface area contributed by atoms with Crippen molar-refractivity contribution in [1.82, 2.24) is 9.80 Å². The summed E-state index contributed by atoms with van der Waals surface area (Å²) < 4.78 is 24.4. The van der Waals surface area contributed by atoms with Crippen LogP contribution in [-0.4, -0.2) is 61.6 Å². The van der Waals surface area contributed by atoms with Gasteiger partial charge in [0.1, 0.15) is 19.0 Å². The maximum atomic E-state index is 12.9. The molecule has 0 aliphatic carbocycles. The van der Waals surface area contributed by atoms with Gasteiger partial charge in [0, 0.05) is 44.0 Å². The number of carbonyl (C=O) groups is 1. The van der Waals surface area contributed by atoms with Crippen molar-refractivity contribution in [2.45, 2.75) is 6.54 Å². The minimum absolute atomic E-state index is 0.0808. The van der Waals surface area contributed by atoms with Gasteiger partial charge in [0.15, 0.2) is 11.5 Å². The van der Waals surface area contributed by atoms with E-state index in [1.165, 1.54) is 12.1 Å². The number of fused-ring (bicyclic) bond motifs is 1. The number of para-hydroxylation sites is 1. The zero-order valence-electron chi connectivity index (χ0n) is 15.7. The first-order valence-corrected chi connectivity index (χ1v) is 9.55. The molecular formula is C21H24FN3O3. The molecule has 2 aromatic carbocycles. The monoisotopic (exact) mass is 385 g/mol. The Morgan fingerprint density at radius 2 is 1.68 bits per heavy atom. The third-order valence-corrected chi connectivity index (χ3v) is 5.00. The highest BCUT2D eigenvalue weighted by Gasteiger charge is 2.22. The highest BCUT2D eigenvalue weighted by molar-refractivity contribution is 5.92. The molecule has 0 saturated carbocycles. The van der Waals surface area contributed by atoms with Crippen molar-refractivity contribution in [3.8, 4) is 11.5 Å². The highest BCUT2D eigenvalue weighted by atomic mass is 19.1. The Kier molecular flexibility index (Phi) is 5.73. The molecule has 2 aliphatic heterocycles. The van der Waals surface area contributed by atoms with Gasteiger partial charge in [-0.1, -0.05) is 12.1 Å². The van der Waals surface area contributed by atoms with Crippen LogP contribution in [0.15, 0.2) is 42.5 Å². The van der Waals surface area contributed by atoms with Gasteiger partial charge in [-0.15, -0.1) is 0 Å². The van der Waals surface area contributed by atoms with E-state index in [0.29, 0.717) is 25.4 Å². The number of ether oxygens (including phenoxy) is 2. The van der Waals surface area contributed by atoms with Crippen molar-refractivity contribution in [2.24, 2.45) is 0 Å². The number of carbonyl (C=O) groups excluding carboxylic acids is 1. The standard InChI is InChI=1S/C21H24FN3O3/c22-17-4-6-18(7-5-17)23-20(26)15-25-10-8-24(9-11-25)14-16-2-1-3-19-21(16)28-13-12-27-19/h1-7H,8-15H2,(H,23,26). The van der Waals surface area contributed by atoms with E-state index < -0.39 is 0 Å². The van der Waals surface area contributed by atoms with E-state index in [9.17, 15) is 9.18 Å². The third-order valence-electron chi connectivity index (χ3n) is 5.00. The number of piperazine rings is 1. The van der Waals surface area contributed by atoms with Gasteiger partial charge in [-0.25, -0.2) is 4.39 Å². The summed E-state index contributed by atoms with van der Waals surface area (Å²) in [6.07, 6.45) is 0. The molecule has 0 aromatic heterocycles. The second-order valence-electron chi connectivity index (χ2n) is 7.05. The second-order valence-corrected chi connectivity index (χ2v) is 7.05. The molecule has 0 spiro atoms. The van der Waals surface area contributed by atoms with Crippen LogP contribution in [0.4, 0.5) is 10.1 Å². The molecule has 0 unspecified atom stereocenters. The van der Waals surface area contributed by atoms with Gasteiger partial charge in [-0.2, -0.15) is 0 Å². The Hall–Kier alpha value is -2.64. The normalized spacial score (nSPS) is 17.3. The lowest BCUT2D eigenvalue weighted by molar-refractivity contribution is -0.117. The van der Waals surface area contributed by atoms with Crippen LogP contribution in [0.5, 0.6) is 11.5 Å². The molecular weight excluding hydrogens is 361 g/mol. The van der Waals surface area contributed by atoms with Crippen LogP contribution >= 0.6 is 0 Å². The minimum Gasteiger partial charge on any atom is -0.486 e. The van der Waals surface area contributed by atoms with Crippen LogP contribution in [-0.2, 0) is 11.3 Å². The Morgan fingerprint density at radius 1 is 0.964 bits per heavy atom. The molecule has 28 heavy (non-hydrogen) atoms. The number of hydrogen-bond donors (Lipinski definition) is 1. The number of nitrogens with zero attached hydrogens (tertiary/aromatic N) is 2. The smallest absolute Gasteiger partial charge is 0.238 e. The van der Waals surface area contributed by atoms with Gasteiger partial charge in [-0.3, -0.25) is 14.6 Å². The molecule has 2 heterocycles. The summed E-state index contributed by atoms with van der Waals surface area (Å²) in [6, 6.07) is 11.8. The summed E-state index contributed by atoms with van der Waals surface area (Å²) in [5, 5.41) is 2.81. The fourth-order valence-corrected chi connectivity index (χ4v) is 3.54. The summed E-state index contributed by atoms with van der Waals surface area (Å²) in [5.74, 6) is 1.28. The summed E-state index contributed by atoms with van der Waals surface area (Å²) >= 11 is 0. The lowest BCUT2D eigenvalue weighted by Gasteiger charge is -2.34. The fourth-order valence-electron chi connectivity index (χ4n) is 3.54. The van der Waals surface area contributed by atoms with E-state index >= 15 is 0 Å². The van der Waals surface area contributed by atoms with Crippen molar-refractivity contribution in [3.05, 3.63) is 53.8 Å². The average molecular weight is 385 g/mol. The van der Waals surface area contributed by atoms with Gasteiger partial charge in [0.05, 0.1) is 6.54 Å². The Bertz CT molecular complexity index is 820. The van der Waals surface area contributed by atoms with E-state index in [1.807, 2.05) is 12.1 Å². The van der Waals surface area contributed by atoms with E-state index in [-0.39, 0.29) is 11.7 Å². The van der Waals surface area contributed by atoms with Crippen LogP contribution < -0.4 is 14.8 Å². The lowest BCUT2D eigenvalue weighted by Crippen LogP contribution is -2.48. The van der Waals surface area contributed by atoms with Crippen molar-refractivity contribution < 1.29 is 18.7 Å². The van der Waals surface area contributed by atoms with Crippen molar-refractivity contribution in [1.29, 1.82) is 0 Å². The molecule has 6 nitrogen and oxygen atoms in total. The molecule has 1 saturated heterocycles. The zero-order chi connectivity index (χ0) is 19.3. The van der Waals surface area contributed by atoms with Gasteiger partial charge in [0.25, 0.3) is 0 Å². The molecule has 2 aliphatic rings. The molecule has 0 bridgehead atoms. The summed E-state index contributed by atoms with van der Waals surface area (Å²) in [7, 11) is 0. The quantitative estimate of drug-likeness (QED) is 0.856. The minimum atomic E-state index is -0.314. The zero-order valence-corrected chi connectivity index (χ0v) is 15.7. The Morgan fingerprint density at radius 3 is 2.46 bits per heavy atom. The Balaban J connectivity index is 1.26. The first-order chi connectivity index (χ1) is 13.7. The van der Waals surface area contributed by atoms with E-state index in [0.717, 1.165) is 49.8 Å². The first kappa shape index (κ1) is 18.7. The topological polar surface area (TPSA) is 54.0 Å². The molecule has 1 amide bonds. The molecule has 0 atom stereocenters. The van der Waals surface area contributed by atoms with Gasteiger partial charge >= 0.3 is 0 Å². The number of hydrogen-bond acceptors (Lipinski definition) is 5. The Labute approximate surface area is 163 Å². The number of amides is 1. The predicted molar refractivity (Wildman–Crippen MR) is 104 cm³/mol. The molecule has 1 N–H and O–H groups in total. The van der Waals surface area contributed by atoms with Crippen LogP contribution in [0, 0.1) is 5.82 Å². The van der Waals surface area contributed by atoms with Crippen molar-refractivity contribution in [2.75, 3.05) is 51.3 Å². The maximum absolute atomic E-state index is 12.9. The molecule has 1 fully saturated rings. The molecule has 0 radical (unpaired) electrons. The highest BCUT2D eigenvalue weighted by Crippen LogP contribution is 2.34. The van der Waals surface area contributed by atoms with Gasteiger partial charge in [-0.05, 0) is 30.3 Å². The van der Waals surface area contributed by atoms with E-state index in [1.54, 1.807) is 12.1 Å². The van der Waals surface area contributed by atoms with Crippen LogP contribution in [0.25, 0.3) is 0 Å². The number of halogens is 1. The number of nitrogens with one attached hydrogen (secondary N) is 1. The fraction of sp³-hybridized carbons (Fsp3) is 0.381. The van der Waals surface area contributed by atoms with Crippen LogP contribution in [0.3, 0.4) is 0 Å². The molecule has 4 rings (SSSR count). The first-order valence-electron chi connectivity index (χ1n) is 9.55. The predicted octanol–water partition coefficient (Wildman–Crippen LogP) is 2.35. The lowest BCUT2D eigenvalue weighted by atomic mass is 10.1. The number of anilines is 1. The van der Waals surface area contributed by atoms with Gasteiger partial charge < -0.3 is 14.8 Å². The maximum Gasteiger partial charge on any atom is 0.238 e. The average Bonchev–Trinajstić information content (AvgIpc) is 2.71. The summed E-state index contributed by atoms with van der Waals surface area (Å²) in [5.41, 5.74) is 1.75. The summed E-state index contributed by atoms with van der Waals surface area (Å²) in [4.78, 5) is 16.7. The molecule has 2 aromatic rings. The third kappa shape index (κ3) is 4.61. The second kappa shape index (κ2) is 8.58. The van der Waals surface area contributed by atoms with E-state index in [4.69, 9.17) is 9.47 Å². The summed E-state index contributed by atoms with van der Waals surface area (Å²) in [6.45, 7) is 5.73. The van der Waals surface area contributed by atoms with Crippen LogP contribution in [0.2, 0.25) is 0 Å². The molecule has 7 heteroatoms. The number of benzene rings is 2. The number of rotatable bonds is 5. The van der Waals surface area contributed by atoms with Crippen LogP contribution in [0.1, 0.15) is 5.56 Å². The van der Waals surface area contributed by atoms with Crippen molar-refractivity contribution >= 4 is 11.6 Å². The van der Waals surface area contributed by atoms with E-state index in [2.05, 4.69) is 21.2 Å². The van der Waals surface area contributed by atoms with Gasteiger partial charge in [0.2, 0.25) is 5.91 Å². The van der Waals surface area contributed by atoms with Crippen molar-refractivity contribution in [3.63, 3.8) is 0 Å². The SMILES string of the molecule is O=C(CN1CCN(Cc2cccc3c2OCCO3)CC1)Nc1ccc(F)cc1. The molecule has 148 valence electrons.